The van der Waals surface area contributed by atoms with Crippen LogP contribution in [-0.2, 0) is 0 Å². The van der Waals surface area contributed by atoms with Gasteiger partial charge in [-0.2, -0.15) is 13.2 Å². The Morgan fingerprint density at radius 1 is 1.50 bits per heavy atom. The van der Waals surface area contributed by atoms with Crippen molar-refractivity contribution in [3.8, 4) is 0 Å². The summed E-state index contributed by atoms with van der Waals surface area (Å²) in [4.78, 5) is 0. The van der Waals surface area contributed by atoms with E-state index in [4.69, 9.17) is 11.6 Å². The lowest BCUT2D eigenvalue weighted by atomic mass is 10.5. The number of rotatable bonds is 0. The summed E-state index contributed by atoms with van der Waals surface area (Å²) in [6.45, 7) is 1.18. The molecule has 48 valence electrons. The van der Waals surface area contributed by atoms with E-state index in [0.717, 1.165) is 0 Å². The highest BCUT2D eigenvalue weighted by Gasteiger charge is 2.22. The minimum atomic E-state index is -4.27. The summed E-state index contributed by atoms with van der Waals surface area (Å²) < 4.78 is 33.4. The molecular weight excluding hydrogens is 140 g/mol. The summed E-state index contributed by atoms with van der Waals surface area (Å²) in [5.74, 6) is 0. The van der Waals surface area contributed by atoms with Gasteiger partial charge in [0.25, 0.3) is 0 Å². The molecular formula is C4H4ClF3. The van der Waals surface area contributed by atoms with Gasteiger partial charge in [-0.15, -0.1) is 0 Å². The summed E-state index contributed by atoms with van der Waals surface area (Å²) in [5.41, 5.74) is 0. The van der Waals surface area contributed by atoms with Crippen LogP contribution in [0.15, 0.2) is 11.1 Å². The number of allylic oxidation sites excluding steroid dienone is 2. The molecule has 0 aromatic carbocycles. The second-order valence-corrected chi connectivity index (χ2v) is 1.87. The van der Waals surface area contributed by atoms with E-state index in [0.29, 0.717) is 0 Å². The molecule has 0 atom stereocenters. The first-order valence-electron chi connectivity index (χ1n) is 1.83. The molecule has 0 heterocycles. The molecule has 0 rings (SSSR count). The zero-order chi connectivity index (χ0) is 6.78. The smallest absolute Gasteiger partial charge is 0.167 e. The van der Waals surface area contributed by atoms with Gasteiger partial charge in [0.05, 0.1) is 0 Å². The molecule has 0 aromatic heterocycles. The third kappa shape index (κ3) is 5.82. The first-order chi connectivity index (χ1) is 3.42. The predicted octanol–water partition coefficient (Wildman–Crippen LogP) is 2.69. The van der Waals surface area contributed by atoms with Gasteiger partial charge in [-0.05, 0) is 6.92 Å². The Kier molecular flexibility index (Phi) is 2.34. The van der Waals surface area contributed by atoms with Crippen molar-refractivity contribution < 1.29 is 13.2 Å². The highest BCUT2D eigenvalue weighted by molar-refractivity contribution is 6.29. The Morgan fingerprint density at radius 3 is 1.88 bits per heavy atom. The van der Waals surface area contributed by atoms with Crippen LogP contribution in [-0.4, -0.2) is 6.18 Å². The molecule has 0 radical (unpaired) electrons. The van der Waals surface area contributed by atoms with Crippen molar-refractivity contribution in [3.05, 3.63) is 11.1 Å². The molecule has 0 fully saturated rings. The van der Waals surface area contributed by atoms with Crippen LogP contribution in [0.3, 0.4) is 0 Å². The Bertz CT molecular complexity index is 98.3. The molecule has 0 N–H and O–H groups in total. The maximum absolute atomic E-state index is 11.1. The molecule has 0 saturated carbocycles. The predicted molar refractivity (Wildman–Crippen MR) is 25.7 cm³/mol. The highest BCUT2D eigenvalue weighted by Crippen LogP contribution is 2.19. The van der Waals surface area contributed by atoms with Crippen LogP contribution in [0.1, 0.15) is 6.92 Å². The van der Waals surface area contributed by atoms with Gasteiger partial charge in [-0.3, -0.25) is 0 Å². The molecule has 0 amide bonds. The van der Waals surface area contributed by atoms with E-state index in [-0.39, 0.29) is 11.1 Å². The summed E-state index contributed by atoms with van der Waals surface area (Å²) >= 11 is 4.90. The Labute approximate surface area is 49.9 Å². The second kappa shape index (κ2) is 2.40. The van der Waals surface area contributed by atoms with Gasteiger partial charge < -0.3 is 0 Å². The molecule has 0 unspecified atom stereocenters. The molecule has 0 bridgehead atoms. The van der Waals surface area contributed by atoms with Crippen molar-refractivity contribution in [2.24, 2.45) is 0 Å². The van der Waals surface area contributed by atoms with Gasteiger partial charge in [0.2, 0.25) is 0 Å². The van der Waals surface area contributed by atoms with Crippen LogP contribution < -0.4 is 0 Å². The van der Waals surface area contributed by atoms with Crippen LogP contribution in [0.2, 0.25) is 0 Å². The lowest BCUT2D eigenvalue weighted by Crippen LogP contribution is -2.00. The maximum atomic E-state index is 11.1. The third-order valence-corrected chi connectivity index (χ3v) is 0.472. The molecule has 0 saturated heterocycles. The SMILES string of the molecule is C/C(Cl)=C\C(F)(F)F. The van der Waals surface area contributed by atoms with Crippen molar-refractivity contribution >= 4 is 11.6 Å². The van der Waals surface area contributed by atoms with Gasteiger partial charge in [-0.25, -0.2) is 0 Å². The molecule has 0 aliphatic rings. The standard InChI is InChI=1S/C4H4ClF3/c1-3(5)2-4(6,7)8/h2H,1H3/b3-2+. The van der Waals surface area contributed by atoms with Crippen molar-refractivity contribution in [3.63, 3.8) is 0 Å². The number of halogens is 4. The largest absolute Gasteiger partial charge is 0.410 e. The van der Waals surface area contributed by atoms with Crippen LogP contribution >= 0.6 is 11.6 Å². The fourth-order valence-corrected chi connectivity index (χ4v) is 0.349. The molecule has 0 nitrogen and oxygen atoms in total. The first-order valence-corrected chi connectivity index (χ1v) is 2.21. The quantitative estimate of drug-likeness (QED) is 0.490. The Morgan fingerprint density at radius 2 is 1.88 bits per heavy atom. The maximum Gasteiger partial charge on any atom is 0.410 e. The van der Waals surface area contributed by atoms with Crippen LogP contribution in [0.25, 0.3) is 0 Å². The molecule has 0 aliphatic carbocycles. The fraction of sp³-hybridized carbons (Fsp3) is 0.500. The van der Waals surface area contributed by atoms with Crippen molar-refractivity contribution in [1.29, 1.82) is 0 Å². The second-order valence-electron chi connectivity index (χ2n) is 1.27. The zero-order valence-corrected chi connectivity index (χ0v) is 4.85. The highest BCUT2D eigenvalue weighted by atomic mass is 35.5. The Balaban J connectivity index is 3.89. The molecule has 0 aromatic rings. The molecule has 0 spiro atoms. The van der Waals surface area contributed by atoms with E-state index in [9.17, 15) is 13.2 Å². The van der Waals surface area contributed by atoms with E-state index in [1.54, 1.807) is 0 Å². The number of hydrogen-bond acceptors (Lipinski definition) is 0. The lowest BCUT2D eigenvalue weighted by molar-refractivity contribution is -0.0801. The summed E-state index contributed by atoms with van der Waals surface area (Å²) in [5, 5.41) is -0.252. The van der Waals surface area contributed by atoms with Crippen LogP contribution in [0, 0.1) is 0 Å². The van der Waals surface area contributed by atoms with E-state index in [2.05, 4.69) is 0 Å². The fourth-order valence-electron chi connectivity index (χ4n) is 0.226. The average molecular weight is 145 g/mol. The minimum absolute atomic E-state index is 0.0363. The molecule has 0 aliphatic heterocycles. The average Bonchev–Trinajstić information content (AvgIpc) is 1.21. The minimum Gasteiger partial charge on any atom is -0.167 e. The molecule has 8 heavy (non-hydrogen) atoms. The lowest BCUT2D eigenvalue weighted by Gasteiger charge is -1.95. The van der Waals surface area contributed by atoms with Crippen molar-refractivity contribution in [1.82, 2.24) is 0 Å². The summed E-state index contributed by atoms with van der Waals surface area (Å²) in [6, 6.07) is 0. The van der Waals surface area contributed by atoms with Gasteiger partial charge in [-0.1, -0.05) is 11.6 Å². The molecule has 4 heteroatoms. The van der Waals surface area contributed by atoms with Crippen molar-refractivity contribution in [2.75, 3.05) is 0 Å². The summed E-state index contributed by atoms with van der Waals surface area (Å²) in [7, 11) is 0. The number of alkyl halides is 3. The number of hydrogen-bond donors (Lipinski definition) is 0. The monoisotopic (exact) mass is 144 g/mol. The Hall–Kier alpha value is -0.180. The third-order valence-electron chi connectivity index (χ3n) is 0.363. The van der Waals surface area contributed by atoms with Gasteiger partial charge in [0, 0.05) is 11.1 Å². The van der Waals surface area contributed by atoms with E-state index >= 15 is 0 Å². The summed E-state index contributed by atoms with van der Waals surface area (Å²) in [6.07, 6.45) is -4.24. The van der Waals surface area contributed by atoms with E-state index in [1.807, 2.05) is 0 Å². The zero-order valence-electron chi connectivity index (χ0n) is 4.09. The van der Waals surface area contributed by atoms with Gasteiger partial charge in [0.1, 0.15) is 0 Å². The first kappa shape index (κ1) is 7.82. The van der Waals surface area contributed by atoms with Gasteiger partial charge >= 0.3 is 6.18 Å². The van der Waals surface area contributed by atoms with Gasteiger partial charge in [0.15, 0.2) is 0 Å². The van der Waals surface area contributed by atoms with Crippen LogP contribution in [0.5, 0.6) is 0 Å². The van der Waals surface area contributed by atoms with Crippen LogP contribution in [0.4, 0.5) is 13.2 Å². The normalized spacial score (nSPS) is 14.4. The van der Waals surface area contributed by atoms with E-state index in [1.165, 1.54) is 6.92 Å². The van der Waals surface area contributed by atoms with Crippen molar-refractivity contribution in [2.45, 2.75) is 13.1 Å². The van der Waals surface area contributed by atoms with E-state index < -0.39 is 6.18 Å². The topological polar surface area (TPSA) is 0 Å².